The van der Waals surface area contributed by atoms with Crippen molar-refractivity contribution in [1.29, 1.82) is 0 Å². The zero-order valence-electron chi connectivity index (χ0n) is 13.4. The van der Waals surface area contributed by atoms with E-state index in [0.717, 1.165) is 5.56 Å². The van der Waals surface area contributed by atoms with E-state index in [1.54, 1.807) is 49.4 Å². The molecule has 7 nitrogen and oxygen atoms in total. The first-order valence-electron chi connectivity index (χ1n) is 7.52. The van der Waals surface area contributed by atoms with Crippen molar-refractivity contribution in [3.63, 3.8) is 0 Å². The number of aromatic nitrogens is 2. The van der Waals surface area contributed by atoms with Gasteiger partial charge in [-0.25, -0.2) is 9.78 Å². The second-order valence-electron chi connectivity index (χ2n) is 5.29. The number of fused-ring (bicyclic) bond motifs is 1. The zero-order valence-corrected chi connectivity index (χ0v) is 13.4. The summed E-state index contributed by atoms with van der Waals surface area (Å²) in [6.45, 7) is 1.32. The van der Waals surface area contributed by atoms with Crippen molar-refractivity contribution in [2.24, 2.45) is 5.10 Å². The second-order valence-corrected chi connectivity index (χ2v) is 5.29. The summed E-state index contributed by atoms with van der Waals surface area (Å²) in [6, 6.07) is 13.8. The van der Waals surface area contributed by atoms with Crippen LogP contribution >= 0.6 is 0 Å². The van der Waals surface area contributed by atoms with Gasteiger partial charge in [-0.15, -0.1) is 0 Å². The predicted octanol–water partition coefficient (Wildman–Crippen LogP) is 2.05. The molecule has 1 N–H and O–H groups in total. The van der Waals surface area contributed by atoms with Gasteiger partial charge in [0.2, 0.25) is 0 Å². The lowest BCUT2D eigenvalue weighted by molar-refractivity contribution is -0.139. The second kappa shape index (κ2) is 6.96. The number of para-hydroxylation sites is 1. The fourth-order valence-electron chi connectivity index (χ4n) is 2.29. The van der Waals surface area contributed by atoms with Crippen LogP contribution in [0.3, 0.4) is 0 Å². The Morgan fingerprint density at radius 2 is 1.96 bits per heavy atom. The third-order valence-corrected chi connectivity index (χ3v) is 3.48. The molecule has 0 aliphatic carbocycles. The molecule has 7 heteroatoms. The molecule has 1 aromatic heterocycles. The van der Waals surface area contributed by atoms with Crippen LogP contribution in [-0.2, 0) is 4.79 Å². The van der Waals surface area contributed by atoms with E-state index >= 15 is 0 Å². The average molecular weight is 337 g/mol. The molecule has 0 saturated heterocycles. The van der Waals surface area contributed by atoms with Gasteiger partial charge in [0, 0.05) is 0 Å². The first kappa shape index (κ1) is 16.4. The third kappa shape index (κ3) is 3.72. The number of nitrogens with zero attached hydrogens (tertiary/aromatic N) is 3. The van der Waals surface area contributed by atoms with Crippen LogP contribution in [-0.4, -0.2) is 33.6 Å². The van der Waals surface area contributed by atoms with E-state index in [9.17, 15) is 9.59 Å². The monoisotopic (exact) mass is 337 g/mol. The maximum Gasteiger partial charge on any atom is 0.341 e. The number of carboxylic acid groups (broad SMARTS) is 1. The number of rotatable bonds is 5. The summed E-state index contributed by atoms with van der Waals surface area (Å²) >= 11 is 0. The van der Waals surface area contributed by atoms with E-state index in [1.165, 1.54) is 10.9 Å². The molecule has 0 saturated carbocycles. The normalized spacial score (nSPS) is 11.1. The maximum atomic E-state index is 12.5. The lowest BCUT2D eigenvalue weighted by Crippen LogP contribution is -2.20. The van der Waals surface area contributed by atoms with Gasteiger partial charge in [0.25, 0.3) is 5.56 Å². The molecule has 0 amide bonds. The highest BCUT2D eigenvalue weighted by Crippen LogP contribution is 2.11. The molecular formula is C18H15N3O4. The van der Waals surface area contributed by atoms with Gasteiger partial charge in [0.1, 0.15) is 11.6 Å². The molecule has 2 aromatic carbocycles. The molecular weight excluding hydrogens is 322 g/mol. The zero-order chi connectivity index (χ0) is 17.8. The van der Waals surface area contributed by atoms with Crippen molar-refractivity contribution >= 4 is 23.1 Å². The summed E-state index contributed by atoms with van der Waals surface area (Å²) in [5, 5.41) is 13.3. The highest BCUT2D eigenvalue weighted by atomic mass is 16.5. The molecule has 1 heterocycles. The number of carboxylic acids is 1. The Morgan fingerprint density at radius 1 is 1.24 bits per heavy atom. The molecule has 0 atom stereocenters. The van der Waals surface area contributed by atoms with Crippen LogP contribution in [0.15, 0.2) is 58.4 Å². The van der Waals surface area contributed by atoms with Gasteiger partial charge in [-0.3, -0.25) is 4.79 Å². The Bertz CT molecular complexity index is 1010. The summed E-state index contributed by atoms with van der Waals surface area (Å²) in [5.41, 5.74) is 1.14. The van der Waals surface area contributed by atoms with Crippen LogP contribution in [0.25, 0.3) is 10.9 Å². The van der Waals surface area contributed by atoms with Gasteiger partial charge in [0.05, 0.1) is 17.1 Å². The van der Waals surface area contributed by atoms with Crippen molar-refractivity contribution in [1.82, 2.24) is 9.66 Å². The molecule has 0 fully saturated rings. The number of hydrogen-bond donors (Lipinski definition) is 1. The quantitative estimate of drug-likeness (QED) is 0.719. The number of aliphatic carboxylic acids is 1. The van der Waals surface area contributed by atoms with Crippen molar-refractivity contribution in [2.75, 3.05) is 6.61 Å². The van der Waals surface area contributed by atoms with Crippen LogP contribution in [0.1, 0.15) is 11.4 Å². The highest BCUT2D eigenvalue weighted by molar-refractivity contribution is 5.80. The molecule has 0 unspecified atom stereocenters. The molecule has 0 aliphatic rings. The SMILES string of the molecule is Cc1nc2ccccc2c(=O)n1/N=C\c1ccc(OCC(=O)O)cc1. The van der Waals surface area contributed by atoms with Gasteiger partial charge in [-0.2, -0.15) is 9.78 Å². The fraction of sp³-hybridized carbons (Fsp3) is 0.111. The van der Waals surface area contributed by atoms with Crippen molar-refractivity contribution in [3.8, 4) is 5.75 Å². The van der Waals surface area contributed by atoms with E-state index in [4.69, 9.17) is 9.84 Å². The standard InChI is InChI=1S/C18H15N3O4/c1-12-20-16-5-3-2-4-15(16)18(24)21(12)19-10-13-6-8-14(9-7-13)25-11-17(22)23/h2-10H,11H2,1H3,(H,22,23)/b19-10-. The van der Waals surface area contributed by atoms with Gasteiger partial charge < -0.3 is 9.84 Å². The lowest BCUT2D eigenvalue weighted by Gasteiger charge is -2.05. The first-order chi connectivity index (χ1) is 12.0. The van der Waals surface area contributed by atoms with Crippen LogP contribution in [0, 0.1) is 6.92 Å². The number of carbonyl (C=O) groups is 1. The van der Waals surface area contributed by atoms with Crippen LogP contribution < -0.4 is 10.3 Å². The third-order valence-electron chi connectivity index (χ3n) is 3.48. The first-order valence-corrected chi connectivity index (χ1v) is 7.52. The molecule has 0 spiro atoms. The topological polar surface area (TPSA) is 93.8 Å². The molecule has 3 rings (SSSR count). The Morgan fingerprint density at radius 3 is 2.68 bits per heavy atom. The lowest BCUT2D eigenvalue weighted by atomic mass is 10.2. The maximum absolute atomic E-state index is 12.5. The average Bonchev–Trinajstić information content (AvgIpc) is 2.60. The van der Waals surface area contributed by atoms with E-state index in [1.807, 2.05) is 6.07 Å². The number of aryl methyl sites for hydroxylation is 1. The molecule has 0 bridgehead atoms. The van der Waals surface area contributed by atoms with Gasteiger partial charge >= 0.3 is 5.97 Å². The number of hydrogen-bond acceptors (Lipinski definition) is 5. The van der Waals surface area contributed by atoms with Crippen molar-refractivity contribution in [3.05, 3.63) is 70.3 Å². The minimum Gasteiger partial charge on any atom is -0.482 e. The Hall–Kier alpha value is -3.48. The van der Waals surface area contributed by atoms with Crippen LogP contribution in [0.5, 0.6) is 5.75 Å². The molecule has 126 valence electrons. The fourth-order valence-corrected chi connectivity index (χ4v) is 2.29. The smallest absolute Gasteiger partial charge is 0.341 e. The number of benzene rings is 2. The van der Waals surface area contributed by atoms with Crippen molar-refractivity contribution in [2.45, 2.75) is 6.92 Å². The van der Waals surface area contributed by atoms with E-state index in [0.29, 0.717) is 22.5 Å². The predicted molar refractivity (Wildman–Crippen MR) is 93.3 cm³/mol. The summed E-state index contributed by atoms with van der Waals surface area (Å²) in [4.78, 5) is 27.4. The van der Waals surface area contributed by atoms with Crippen LogP contribution in [0.2, 0.25) is 0 Å². The van der Waals surface area contributed by atoms with E-state index < -0.39 is 12.6 Å². The molecule has 0 radical (unpaired) electrons. The van der Waals surface area contributed by atoms with E-state index in [2.05, 4.69) is 10.1 Å². The molecule has 3 aromatic rings. The van der Waals surface area contributed by atoms with Crippen molar-refractivity contribution < 1.29 is 14.6 Å². The van der Waals surface area contributed by atoms with Crippen LogP contribution in [0.4, 0.5) is 0 Å². The minimum absolute atomic E-state index is 0.235. The Labute approximate surface area is 142 Å². The largest absolute Gasteiger partial charge is 0.482 e. The van der Waals surface area contributed by atoms with Gasteiger partial charge in [-0.05, 0) is 48.9 Å². The Kier molecular flexibility index (Phi) is 4.56. The molecule has 0 aliphatic heterocycles. The van der Waals surface area contributed by atoms with Gasteiger partial charge in [-0.1, -0.05) is 12.1 Å². The van der Waals surface area contributed by atoms with E-state index in [-0.39, 0.29) is 5.56 Å². The summed E-state index contributed by atoms with van der Waals surface area (Å²) in [7, 11) is 0. The highest BCUT2D eigenvalue weighted by Gasteiger charge is 2.06. The summed E-state index contributed by atoms with van der Waals surface area (Å²) in [5.74, 6) is -0.106. The summed E-state index contributed by atoms with van der Waals surface area (Å²) in [6.07, 6.45) is 1.53. The summed E-state index contributed by atoms with van der Waals surface area (Å²) < 4.78 is 6.31. The Balaban J connectivity index is 1.86. The van der Waals surface area contributed by atoms with Gasteiger partial charge in [0.15, 0.2) is 6.61 Å². The minimum atomic E-state index is -1.04. The molecule has 25 heavy (non-hydrogen) atoms. The number of ether oxygens (including phenoxy) is 1.